The Morgan fingerprint density at radius 3 is 2.42 bits per heavy atom. The lowest BCUT2D eigenvalue weighted by Gasteiger charge is -2.33. The van der Waals surface area contributed by atoms with E-state index < -0.39 is 9.04 Å². The molecule has 0 fully saturated rings. The fraction of sp³-hybridized carbons (Fsp3) is 0.500. The van der Waals surface area contributed by atoms with Crippen LogP contribution in [0.1, 0.15) is 55.3 Å². The highest BCUT2D eigenvalue weighted by Gasteiger charge is 2.27. The SMILES string of the molecule is CCOC(=O)c1cnn(Cc2ccc(C(O[SiH](C)C)C(C)(C)C)cc2)c1. The molecule has 1 atom stereocenters. The van der Waals surface area contributed by atoms with Gasteiger partial charge in [0.05, 0.1) is 31.0 Å². The largest absolute Gasteiger partial charge is 0.462 e. The van der Waals surface area contributed by atoms with Crippen molar-refractivity contribution in [2.75, 3.05) is 6.61 Å². The second kappa shape index (κ2) is 8.64. The van der Waals surface area contributed by atoms with Gasteiger partial charge in [-0.15, -0.1) is 0 Å². The summed E-state index contributed by atoms with van der Waals surface area (Å²) < 4.78 is 13.0. The second-order valence-electron chi connectivity index (χ2n) is 7.82. The molecule has 0 aliphatic heterocycles. The Bertz CT molecular complexity index is 717. The van der Waals surface area contributed by atoms with Crippen molar-refractivity contribution >= 4 is 15.0 Å². The molecule has 0 bridgehead atoms. The average Bonchev–Trinajstić information content (AvgIpc) is 3.01. The van der Waals surface area contributed by atoms with E-state index in [-0.39, 0.29) is 17.5 Å². The standard InChI is InChI=1S/C20H30N2O3Si/c1-7-24-19(23)17-12-21-22(14-17)13-15-8-10-16(11-9-15)18(20(2,3)4)25-26(5)6/h8-12,14,18,26H,7,13H2,1-6H3. The van der Waals surface area contributed by atoms with Gasteiger partial charge in [0, 0.05) is 6.20 Å². The number of carbonyl (C=O) groups excluding carboxylic acids is 1. The number of rotatable bonds is 7. The maximum Gasteiger partial charge on any atom is 0.341 e. The minimum Gasteiger partial charge on any atom is -0.462 e. The fourth-order valence-electron chi connectivity index (χ4n) is 2.81. The molecule has 0 radical (unpaired) electrons. The summed E-state index contributed by atoms with van der Waals surface area (Å²) in [5.74, 6) is -0.336. The van der Waals surface area contributed by atoms with Gasteiger partial charge in [-0.05, 0) is 36.6 Å². The van der Waals surface area contributed by atoms with Gasteiger partial charge >= 0.3 is 5.97 Å². The van der Waals surface area contributed by atoms with E-state index in [0.29, 0.717) is 18.7 Å². The second-order valence-corrected chi connectivity index (χ2v) is 10.2. The molecular formula is C20H30N2O3Si. The Morgan fingerprint density at radius 2 is 1.88 bits per heavy atom. The Morgan fingerprint density at radius 1 is 1.23 bits per heavy atom. The van der Waals surface area contributed by atoms with Crippen LogP contribution in [-0.2, 0) is 15.7 Å². The van der Waals surface area contributed by atoms with E-state index in [1.807, 2.05) is 0 Å². The van der Waals surface area contributed by atoms with Crippen LogP contribution in [0.4, 0.5) is 0 Å². The van der Waals surface area contributed by atoms with Gasteiger partial charge in [0.25, 0.3) is 0 Å². The Kier molecular flexibility index (Phi) is 6.78. The van der Waals surface area contributed by atoms with Crippen LogP contribution < -0.4 is 0 Å². The molecule has 1 aromatic heterocycles. The van der Waals surface area contributed by atoms with Crippen molar-refractivity contribution in [2.45, 2.75) is 53.4 Å². The van der Waals surface area contributed by atoms with Gasteiger partial charge in [0.15, 0.2) is 9.04 Å². The lowest BCUT2D eigenvalue weighted by Crippen LogP contribution is -2.25. The Hall–Kier alpha value is -1.92. The zero-order chi connectivity index (χ0) is 19.3. The summed E-state index contributed by atoms with van der Waals surface area (Å²) in [6.07, 6.45) is 3.36. The van der Waals surface area contributed by atoms with Gasteiger partial charge in [-0.3, -0.25) is 4.68 Å². The maximum absolute atomic E-state index is 11.7. The minimum atomic E-state index is -1.14. The monoisotopic (exact) mass is 374 g/mol. The van der Waals surface area contributed by atoms with Gasteiger partial charge in [-0.1, -0.05) is 45.0 Å². The third kappa shape index (κ3) is 5.54. The van der Waals surface area contributed by atoms with E-state index in [1.165, 1.54) is 5.56 Å². The number of carbonyl (C=O) groups is 1. The predicted octanol–water partition coefficient (Wildman–Crippen LogP) is 4.20. The van der Waals surface area contributed by atoms with Crippen molar-refractivity contribution in [3.05, 3.63) is 53.3 Å². The van der Waals surface area contributed by atoms with E-state index in [2.05, 4.69) is 63.2 Å². The highest BCUT2D eigenvalue weighted by Crippen LogP contribution is 2.36. The molecule has 0 aliphatic rings. The number of hydrogen-bond acceptors (Lipinski definition) is 4. The molecule has 26 heavy (non-hydrogen) atoms. The van der Waals surface area contributed by atoms with Crippen LogP contribution in [0, 0.1) is 5.41 Å². The van der Waals surface area contributed by atoms with Gasteiger partial charge in [0.2, 0.25) is 0 Å². The molecule has 1 unspecified atom stereocenters. The lowest BCUT2D eigenvalue weighted by molar-refractivity contribution is 0.0526. The number of nitrogens with zero attached hydrogens (tertiary/aromatic N) is 2. The summed E-state index contributed by atoms with van der Waals surface area (Å²) in [6.45, 7) is 13.8. The number of benzene rings is 1. The van der Waals surface area contributed by atoms with E-state index in [1.54, 1.807) is 24.0 Å². The van der Waals surface area contributed by atoms with Crippen LogP contribution >= 0.6 is 0 Å². The van der Waals surface area contributed by atoms with Gasteiger partial charge in [-0.25, -0.2) is 4.79 Å². The molecule has 1 aromatic carbocycles. The molecular weight excluding hydrogens is 344 g/mol. The van der Waals surface area contributed by atoms with Crippen molar-refractivity contribution in [3.63, 3.8) is 0 Å². The maximum atomic E-state index is 11.7. The minimum absolute atomic E-state index is 0.0509. The van der Waals surface area contributed by atoms with Crippen molar-refractivity contribution in [3.8, 4) is 0 Å². The van der Waals surface area contributed by atoms with Gasteiger partial charge < -0.3 is 9.16 Å². The Balaban J connectivity index is 2.10. The summed E-state index contributed by atoms with van der Waals surface area (Å²) in [6, 6.07) is 8.48. The fourth-order valence-corrected chi connectivity index (χ4v) is 3.92. The lowest BCUT2D eigenvalue weighted by atomic mass is 9.84. The molecule has 0 saturated carbocycles. The van der Waals surface area contributed by atoms with Crippen LogP contribution in [0.15, 0.2) is 36.7 Å². The molecule has 0 amide bonds. The first-order valence-electron chi connectivity index (χ1n) is 9.14. The molecule has 142 valence electrons. The number of hydrogen-bond donors (Lipinski definition) is 0. The normalized spacial score (nSPS) is 13.0. The summed E-state index contributed by atoms with van der Waals surface area (Å²) >= 11 is 0. The van der Waals surface area contributed by atoms with Crippen LogP contribution in [-0.4, -0.2) is 31.4 Å². The molecule has 5 nitrogen and oxygen atoms in total. The van der Waals surface area contributed by atoms with E-state index >= 15 is 0 Å². The molecule has 1 heterocycles. The van der Waals surface area contributed by atoms with Crippen LogP contribution in [0.3, 0.4) is 0 Å². The van der Waals surface area contributed by atoms with Crippen LogP contribution in [0.2, 0.25) is 13.1 Å². The summed E-state index contributed by atoms with van der Waals surface area (Å²) in [5, 5.41) is 4.25. The Labute approximate surface area is 158 Å². The van der Waals surface area contributed by atoms with Crippen molar-refractivity contribution in [1.29, 1.82) is 0 Å². The van der Waals surface area contributed by atoms with Crippen molar-refractivity contribution in [2.24, 2.45) is 5.41 Å². The van der Waals surface area contributed by atoms with Crippen LogP contribution in [0.5, 0.6) is 0 Å². The highest BCUT2D eigenvalue weighted by molar-refractivity contribution is 6.48. The van der Waals surface area contributed by atoms with E-state index in [4.69, 9.17) is 9.16 Å². The van der Waals surface area contributed by atoms with E-state index in [9.17, 15) is 4.79 Å². The zero-order valence-electron chi connectivity index (χ0n) is 16.7. The highest BCUT2D eigenvalue weighted by atomic mass is 28.3. The quantitative estimate of drug-likeness (QED) is 0.538. The molecule has 0 saturated heterocycles. The molecule has 0 aliphatic carbocycles. The third-order valence-electron chi connectivity index (χ3n) is 3.97. The first kappa shape index (κ1) is 20.4. The van der Waals surface area contributed by atoms with Crippen molar-refractivity contribution in [1.82, 2.24) is 9.78 Å². The summed E-state index contributed by atoms with van der Waals surface area (Å²) in [4.78, 5) is 11.7. The number of ether oxygens (including phenoxy) is 1. The summed E-state index contributed by atoms with van der Waals surface area (Å²) in [7, 11) is -1.14. The predicted molar refractivity (Wildman–Crippen MR) is 106 cm³/mol. The third-order valence-corrected chi connectivity index (χ3v) is 4.78. The molecule has 0 spiro atoms. The van der Waals surface area contributed by atoms with Gasteiger partial charge in [0.1, 0.15) is 0 Å². The molecule has 0 N–H and O–H groups in total. The average molecular weight is 375 g/mol. The molecule has 6 heteroatoms. The molecule has 2 rings (SSSR count). The number of aromatic nitrogens is 2. The topological polar surface area (TPSA) is 53.3 Å². The summed E-state index contributed by atoms with van der Waals surface area (Å²) in [5.41, 5.74) is 2.86. The smallest absolute Gasteiger partial charge is 0.341 e. The zero-order valence-corrected chi connectivity index (χ0v) is 17.8. The van der Waals surface area contributed by atoms with Crippen molar-refractivity contribution < 1.29 is 14.0 Å². The van der Waals surface area contributed by atoms with Gasteiger partial charge in [-0.2, -0.15) is 5.10 Å². The molecule has 2 aromatic rings. The van der Waals surface area contributed by atoms with Crippen LogP contribution in [0.25, 0.3) is 0 Å². The van der Waals surface area contributed by atoms with E-state index in [0.717, 1.165) is 5.56 Å². The first-order chi connectivity index (χ1) is 12.2. The number of esters is 1. The first-order valence-corrected chi connectivity index (χ1v) is 11.9.